The van der Waals surface area contributed by atoms with E-state index in [1.807, 2.05) is 0 Å². The molecule has 0 spiro atoms. The minimum absolute atomic E-state index is 0.0571. The Morgan fingerprint density at radius 1 is 0.800 bits per heavy atom. The van der Waals surface area contributed by atoms with Gasteiger partial charge in [-0.1, -0.05) is 58.3 Å². The van der Waals surface area contributed by atoms with E-state index < -0.39 is 18.2 Å². The molecular weight excluding hydrogens is 256 g/mol. The van der Waals surface area contributed by atoms with E-state index in [-0.39, 0.29) is 6.42 Å². The van der Waals surface area contributed by atoms with Crippen molar-refractivity contribution in [3.8, 4) is 0 Å². The predicted molar refractivity (Wildman–Crippen MR) is 80.7 cm³/mol. The van der Waals surface area contributed by atoms with Crippen LogP contribution in [0.5, 0.6) is 0 Å². The molecule has 4 heteroatoms. The fraction of sp³-hybridized carbons (Fsp3) is 0.938. The Morgan fingerprint density at radius 2 is 1.25 bits per heavy atom. The molecule has 0 amide bonds. The maximum Gasteiger partial charge on any atom is 0.303 e. The fourth-order valence-electron chi connectivity index (χ4n) is 2.33. The molecule has 0 fully saturated rings. The molecule has 0 aromatic carbocycles. The second-order valence-electron chi connectivity index (χ2n) is 5.68. The number of aliphatic hydroxyl groups excluding tert-OH is 2. The lowest BCUT2D eigenvalue weighted by Crippen LogP contribution is -2.25. The number of unbranched alkanes of at least 4 members (excludes halogenated alkanes) is 7. The van der Waals surface area contributed by atoms with Gasteiger partial charge in [-0.05, 0) is 19.3 Å². The van der Waals surface area contributed by atoms with Crippen LogP contribution in [0.25, 0.3) is 0 Å². The quantitative estimate of drug-likeness (QED) is 0.428. The van der Waals surface area contributed by atoms with Crippen LogP contribution in [0.1, 0.15) is 84.0 Å². The van der Waals surface area contributed by atoms with Gasteiger partial charge in [0.05, 0.1) is 12.2 Å². The minimum Gasteiger partial charge on any atom is -0.481 e. The van der Waals surface area contributed by atoms with Crippen molar-refractivity contribution in [3.05, 3.63) is 0 Å². The highest BCUT2D eigenvalue weighted by atomic mass is 16.4. The highest BCUT2D eigenvalue weighted by molar-refractivity contribution is 5.66. The van der Waals surface area contributed by atoms with Gasteiger partial charge in [0.25, 0.3) is 0 Å². The van der Waals surface area contributed by atoms with Crippen LogP contribution >= 0.6 is 0 Å². The molecule has 0 bridgehead atoms. The summed E-state index contributed by atoms with van der Waals surface area (Å²) in [6, 6.07) is 0. The molecule has 0 unspecified atom stereocenters. The number of hydrogen-bond donors (Lipinski definition) is 3. The van der Waals surface area contributed by atoms with Crippen molar-refractivity contribution in [2.24, 2.45) is 0 Å². The molecule has 0 saturated heterocycles. The van der Waals surface area contributed by atoms with Crippen molar-refractivity contribution in [2.45, 2.75) is 96.2 Å². The molecule has 3 N–H and O–H groups in total. The summed E-state index contributed by atoms with van der Waals surface area (Å²) in [7, 11) is 0. The van der Waals surface area contributed by atoms with Gasteiger partial charge < -0.3 is 15.3 Å². The summed E-state index contributed by atoms with van der Waals surface area (Å²) in [6.07, 6.45) is 9.68. The van der Waals surface area contributed by atoms with Gasteiger partial charge in [0.2, 0.25) is 0 Å². The van der Waals surface area contributed by atoms with Gasteiger partial charge in [0.1, 0.15) is 0 Å². The minimum atomic E-state index is -0.852. The van der Waals surface area contributed by atoms with Gasteiger partial charge in [-0.15, -0.1) is 0 Å². The van der Waals surface area contributed by atoms with E-state index in [4.69, 9.17) is 5.11 Å². The van der Waals surface area contributed by atoms with Crippen LogP contribution < -0.4 is 0 Å². The molecule has 4 nitrogen and oxygen atoms in total. The Kier molecular flexibility index (Phi) is 13.0. The second-order valence-corrected chi connectivity index (χ2v) is 5.68. The Bertz CT molecular complexity index is 231. The van der Waals surface area contributed by atoms with E-state index in [9.17, 15) is 15.0 Å². The molecule has 0 saturated carbocycles. The summed E-state index contributed by atoms with van der Waals surface area (Å²) in [5.41, 5.74) is 0. The molecule has 0 rings (SSSR count). The number of carboxylic acids is 1. The van der Waals surface area contributed by atoms with Crippen molar-refractivity contribution in [3.63, 3.8) is 0 Å². The number of aliphatic hydroxyl groups is 2. The van der Waals surface area contributed by atoms with Crippen LogP contribution in [0.2, 0.25) is 0 Å². The molecule has 2 atom stereocenters. The molecule has 0 aromatic rings. The molecule has 0 radical (unpaired) electrons. The molecule has 0 aromatic heterocycles. The van der Waals surface area contributed by atoms with Gasteiger partial charge in [0, 0.05) is 6.42 Å². The van der Waals surface area contributed by atoms with E-state index in [1.54, 1.807) is 0 Å². The second kappa shape index (κ2) is 13.4. The lowest BCUT2D eigenvalue weighted by atomic mass is 10.0. The summed E-state index contributed by atoms with van der Waals surface area (Å²) in [6.45, 7) is 2.21. The van der Waals surface area contributed by atoms with Gasteiger partial charge in [-0.25, -0.2) is 0 Å². The smallest absolute Gasteiger partial charge is 0.303 e. The number of rotatable bonds is 14. The van der Waals surface area contributed by atoms with Gasteiger partial charge >= 0.3 is 5.97 Å². The zero-order valence-electron chi connectivity index (χ0n) is 12.9. The Labute approximate surface area is 123 Å². The maximum atomic E-state index is 10.3. The SMILES string of the molecule is CCCCCCCCCC[C@H](O)[C@@H](O)CCCC(=O)O. The van der Waals surface area contributed by atoms with Crippen molar-refractivity contribution in [2.75, 3.05) is 0 Å². The number of carbonyl (C=O) groups is 1. The third kappa shape index (κ3) is 12.4. The Hall–Kier alpha value is -0.610. The van der Waals surface area contributed by atoms with Gasteiger partial charge in [-0.2, -0.15) is 0 Å². The molecule has 0 aliphatic carbocycles. The standard InChI is InChI=1S/C16H32O4/c1-2-3-4-5-6-7-8-9-11-14(17)15(18)12-10-13-16(19)20/h14-15,17-18H,2-13H2,1H3,(H,19,20)/t14-,15-/m0/s1. The van der Waals surface area contributed by atoms with Crippen LogP contribution in [0.15, 0.2) is 0 Å². The predicted octanol–water partition coefficient (Wildman–Crippen LogP) is 3.49. The maximum absolute atomic E-state index is 10.3. The van der Waals surface area contributed by atoms with Crippen molar-refractivity contribution >= 4 is 5.97 Å². The normalized spacial score (nSPS) is 14.2. The first-order valence-electron chi connectivity index (χ1n) is 8.15. The number of aliphatic carboxylic acids is 1. The van der Waals surface area contributed by atoms with E-state index in [0.717, 1.165) is 12.8 Å². The third-order valence-corrected chi connectivity index (χ3v) is 3.69. The van der Waals surface area contributed by atoms with Crippen molar-refractivity contribution < 1.29 is 20.1 Å². The molecular formula is C16H32O4. The first-order valence-corrected chi connectivity index (χ1v) is 8.15. The highest BCUT2D eigenvalue weighted by Gasteiger charge is 2.15. The number of carboxylic acid groups (broad SMARTS) is 1. The Morgan fingerprint density at radius 3 is 1.75 bits per heavy atom. The fourth-order valence-corrected chi connectivity index (χ4v) is 2.33. The summed E-state index contributed by atoms with van der Waals surface area (Å²) >= 11 is 0. The van der Waals surface area contributed by atoms with Crippen LogP contribution in [0.4, 0.5) is 0 Å². The molecule has 0 aliphatic rings. The van der Waals surface area contributed by atoms with Gasteiger partial charge in [0.15, 0.2) is 0 Å². The summed E-state index contributed by atoms with van der Waals surface area (Å²) in [4.78, 5) is 10.3. The van der Waals surface area contributed by atoms with Crippen LogP contribution in [0, 0.1) is 0 Å². The topological polar surface area (TPSA) is 77.8 Å². The van der Waals surface area contributed by atoms with Crippen LogP contribution in [0.3, 0.4) is 0 Å². The lowest BCUT2D eigenvalue weighted by molar-refractivity contribution is -0.137. The molecule has 0 heterocycles. The van der Waals surface area contributed by atoms with Crippen molar-refractivity contribution in [1.82, 2.24) is 0 Å². The van der Waals surface area contributed by atoms with Crippen molar-refractivity contribution in [1.29, 1.82) is 0 Å². The zero-order valence-corrected chi connectivity index (χ0v) is 12.9. The van der Waals surface area contributed by atoms with E-state index in [2.05, 4.69) is 6.92 Å². The third-order valence-electron chi connectivity index (χ3n) is 3.69. The lowest BCUT2D eigenvalue weighted by Gasteiger charge is -2.17. The molecule has 120 valence electrons. The summed E-state index contributed by atoms with van der Waals surface area (Å²) < 4.78 is 0. The van der Waals surface area contributed by atoms with E-state index in [1.165, 1.54) is 38.5 Å². The first-order chi connectivity index (χ1) is 9.57. The number of hydrogen-bond acceptors (Lipinski definition) is 3. The average molecular weight is 288 g/mol. The average Bonchev–Trinajstić information content (AvgIpc) is 2.41. The van der Waals surface area contributed by atoms with Gasteiger partial charge in [-0.3, -0.25) is 4.79 Å². The molecule has 20 heavy (non-hydrogen) atoms. The Balaban J connectivity index is 3.38. The molecule has 0 aliphatic heterocycles. The van der Waals surface area contributed by atoms with Crippen LogP contribution in [-0.4, -0.2) is 33.5 Å². The van der Waals surface area contributed by atoms with Crippen LogP contribution in [-0.2, 0) is 4.79 Å². The first kappa shape index (κ1) is 19.4. The zero-order chi connectivity index (χ0) is 15.2. The highest BCUT2D eigenvalue weighted by Crippen LogP contribution is 2.14. The van der Waals surface area contributed by atoms with E-state index in [0.29, 0.717) is 19.3 Å². The summed E-state index contributed by atoms with van der Waals surface area (Å²) in [5.74, 6) is -0.852. The largest absolute Gasteiger partial charge is 0.481 e. The monoisotopic (exact) mass is 288 g/mol. The van der Waals surface area contributed by atoms with E-state index >= 15 is 0 Å². The summed E-state index contributed by atoms with van der Waals surface area (Å²) in [5, 5.41) is 27.9.